The Morgan fingerprint density at radius 2 is 0.566 bits per heavy atom. The van der Waals surface area contributed by atoms with Crippen molar-refractivity contribution in [2.24, 2.45) is 11.7 Å². The molecule has 1 atom stereocenters. The van der Waals surface area contributed by atoms with Crippen LogP contribution in [-0.2, 0) is 9.59 Å². The topological polar surface area (TPSA) is 113 Å². The Kier molecular flexibility index (Phi) is 44.3. The van der Waals surface area contributed by atoms with Gasteiger partial charge in [0, 0.05) is 12.8 Å². The van der Waals surface area contributed by atoms with Crippen LogP contribution < -0.4 is 11.1 Å². The fourth-order valence-corrected chi connectivity index (χ4v) is 8.00. The van der Waals surface area contributed by atoms with Gasteiger partial charge in [0.2, 0.25) is 0 Å². The third kappa shape index (κ3) is 46.9. The van der Waals surface area contributed by atoms with E-state index < -0.39 is 11.9 Å². The average Bonchev–Trinajstić information content (AvgIpc) is 3.14. The Hall–Kier alpha value is -1.14. The molecule has 0 aromatic carbocycles. The molecule has 0 saturated heterocycles. The quantitative estimate of drug-likeness (QED) is 0.0461. The smallest absolute Gasteiger partial charge is 0.303 e. The lowest BCUT2D eigenvalue weighted by molar-refractivity contribution is -0.138. The highest BCUT2D eigenvalue weighted by molar-refractivity contribution is 5.66. The highest BCUT2D eigenvalue weighted by Gasteiger charge is 2.09. The maximum Gasteiger partial charge on any atom is 0.303 e. The van der Waals surface area contributed by atoms with Gasteiger partial charge in [0.25, 0.3) is 0 Å². The molecule has 0 aliphatic rings. The molecule has 0 aromatic rings. The first kappa shape index (κ1) is 51.9. The lowest BCUT2D eigenvalue weighted by Crippen LogP contribution is -2.16. The van der Waals surface area contributed by atoms with E-state index in [0.29, 0.717) is 12.8 Å². The molecule has 0 rings (SSSR count). The van der Waals surface area contributed by atoms with Crippen LogP contribution in [0.3, 0.4) is 0 Å². The Morgan fingerprint density at radius 1 is 0.340 bits per heavy atom. The maximum atomic E-state index is 10.6. The molecule has 0 bridgehead atoms. The molecule has 1 unspecified atom stereocenters. The van der Waals surface area contributed by atoms with E-state index in [2.05, 4.69) is 5.32 Å². The van der Waals surface area contributed by atoms with Gasteiger partial charge in [0.15, 0.2) is 0 Å². The normalized spacial score (nSPS) is 12.1. The van der Waals surface area contributed by atoms with E-state index in [1.165, 1.54) is 238 Å². The van der Waals surface area contributed by atoms with Crippen molar-refractivity contribution in [1.29, 1.82) is 0 Å². The van der Waals surface area contributed by atoms with E-state index in [1.807, 2.05) is 0 Å². The van der Waals surface area contributed by atoms with Gasteiger partial charge in [-0.1, -0.05) is 218 Å². The van der Waals surface area contributed by atoms with Gasteiger partial charge < -0.3 is 21.3 Å². The average molecular weight is 751 g/mol. The van der Waals surface area contributed by atoms with Crippen LogP contribution in [-0.4, -0.2) is 41.8 Å². The Bertz CT molecular complexity index is 733. The first-order valence-corrected chi connectivity index (χ1v) is 23.9. The summed E-state index contributed by atoms with van der Waals surface area (Å²) in [6, 6.07) is 0. The lowest BCUT2D eigenvalue weighted by Gasteiger charge is -2.17. The van der Waals surface area contributed by atoms with Crippen molar-refractivity contribution >= 4 is 11.9 Å². The van der Waals surface area contributed by atoms with E-state index in [9.17, 15) is 9.59 Å². The van der Waals surface area contributed by atoms with Crippen molar-refractivity contribution in [3.05, 3.63) is 0 Å². The number of hydrogen-bond donors (Lipinski definition) is 4. The van der Waals surface area contributed by atoms with Crippen LogP contribution in [0.4, 0.5) is 0 Å². The zero-order chi connectivity index (χ0) is 38.6. The van der Waals surface area contributed by atoms with Gasteiger partial charge in [-0.05, 0) is 57.7 Å². The number of carbonyl (C=O) groups is 2. The van der Waals surface area contributed by atoms with Gasteiger partial charge in [0.05, 0.1) is 0 Å². The summed E-state index contributed by atoms with van der Waals surface area (Å²) in [5, 5.41) is 21.1. The number of carboxylic acid groups (broad SMARTS) is 2. The highest BCUT2D eigenvalue weighted by Crippen LogP contribution is 2.25. The first-order valence-electron chi connectivity index (χ1n) is 23.9. The molecular weight excluding hydrogens is 657 g/mol. The second kappa shape index (κ2) is 45.3. The fourth-order valence-electron chi connectivity index (χ4n) is 8.00. The Morgan fingerprint density at radius 3 is 0.830 bits per heavy atom. The summed E-state index contributed by atoms with van der Waals surface area (Å²) < 4.78 is 0. The van der Waals surface area contributed by atoms with Crippen LogP contribution in [0, 0.1) is 5.92 Å². The minimum absolute atomic E-state index is 0.330. The van der Waals surface area contributed by atoms with E-state index >= 15 is 0 Å². The molecule has 316 valence electrons. The Labute approximate surface area is 330 Å². The number of carboxylic acids is 2. The molecule has 0 aromatic heterocycles. The summed E-state index contributed by atoms with van der Waals surface area (Å²) in [5.41, 5.74) is 5.56. The minimum Gasteiger partial charge on any atom is -0.481 e. The van der Waals surface area contributed by atoms with Crippen LogP contribution in [0.2, 0.25) is 0 Å². The van der Waals surface area contributed by atoms with Gasteiger partial charge in [-0.2, -0.15) is 0 Å². The summed E-state index contributed by atoms with van der Waals surface area (Å²) in [6.45, 7) is 3.21. The molecule has 53 heavy (non-hydrogen) atoms. The summed E-state index contributed by atoms with van der Waals surface area (Å²) in [6.07, 6.45) is 52.4. The summed E-state index contributed by atoms with van der Waals surface area (Å²) >= 11 is 0. The predicted molar refractivity (Wildman–Crippen MR) is 230 cm³/mol. The fraction of sp³-hybridized carbons (Fsp3) is 0.957. The second-order valence-corrected chi connectivity index (χ2v) is 16.8. The maximum absolute atomic E-state index is 10.6. The first-order chi connectivity index (χ1) is 26.1. The van der Waals surface area contributed by atoms with Crippen molar-refractivity contribution in [1.82, 2.24) is 5.32 Å². The van der Waals surface area contributed by atoms with Crippen LogP contribution in [0.25, 0.3) is 0 Å². The SMILES string of the molecule is NCCCCCCNCCCCCCCCCCCCCCCC(CCCCCCCCCCCCC(=O)O)CCCCCCCCCCCC(=O)O. The molecule has 0 fully saturated rings. The summed E-state index contributed by atoms with van der Waals surface area (Å²) in [7, 11) is 0. The third-order valence-corrected chi connectivity index (χ3v) is 11.5. The van der Waals surface area contributed by atoms with Crippen molar-refractivity contribution < 1.29 is 19.8 Å². The van der Waals surface area contributed by atoms with Crippen LogP contribution in [0.1, 0.15) is 263 Å². The molecule has 0 aliphatic carbocycles. The molecule has 6 heteroatoms. The van der Waals surface area contributed by atoms with Gasteiger partial charge in [-0.15, -0.1) is 0 Å². The number of rotatable bonds is 47. The van der Waals surface area contributed by atoms with Crippen molar-refractivity contribution in [2.45, 2.75) is 263 Å². The van der Waals surface area contributed by atoms with Gasteiger partial charge in [-0.3, -0.25) is 9.59 Å². The van der Waals surface area contributed by atoms with Gasteiger partial charge in [0.1, 0.15) is 0 Å². The number of unbranched alkanes of at least 4 members (excludes halogenated alkanes) is 32. The van der Waals surface area contributed by atoms with Crippen molar-refractivity contribution in [2.75, 3.05) is 19.6 Å². The number of nitrogens with one attached hydrogen (secondary N) is 1. The highest BCUT2D eigenvalue weighted by atomic mass is 16.4. The summed E-state index contributed by atoms with van der Waals surface area (Å²) in [5.74, 6) is -0.381. The molecule has 5 N–H and O–H groups in total. The van der Waals surface area contributed by atoms with Crippen LogP contribution in [0.5, 0.6) is 0 Å². The van der Waals surface area contributed by atoms with Crippen molar-refractivity contribution in [3.8, 4) is 0 Å². The van der Waals surface area contributed by atoms with Crippen LogP contribution >= 0.6 is 0 Å². The van der Waals surface area contributed by atoms with Gasteiger partial charge in [-0.25, -0.2) is 0 Å². The third-order valence-electron chi connectivity index (χ3n) is 11.5. The van der Waals surface area contributed by atoms with E-state index in [1.54, 1.807) is 0 Å². The minimum atomic E-state index is -0.657. The largest absolute Gasteiger partial charge is 0.481 e. The van der Waals surface area contributed by atoms with Crippen LogP contribution in [0.15, 0.2) is 0 Å². The molecule has 0 radical (unpaired) electrons. The molecule has 0 spiro atoms. The molecule has 0 amide bonds. The molecular formula is C47H94N2O4. The zero-order valence-corrected chi connectivity index (χ0v) is 35.5. The standard InChI is InChI=1S/C47H94N2O4/c48-42-34-26-28-36-44-49-43-35-27-20-14-7-3-1-2-4-9-15-21-29-37-45(39-31-23-17-11-8-13-19-25-33-41-47(52)53)38-30-22-16-10-5-6-12-18-24-32-40-46(50)51/h45,49H,1-44,48H2,(H,50,51)(H,52,53). The van der Waals surface area contributed by atoms with E-state index in [4.69, 9.17) is 15.9 Å². The molecule has 0 aliphatic heterocycles. The van der Waals surface area contributed by atoms with Gasteiger partial charge >= 0.3 is 11.9 Å². The molecule has 0 heterocycles. The second-order valence-electron chi connectivity index (χ2n) is 16.8. The Balaban J connectivity index is 3.87. The molecule has 0 saturated carbocycles. The monoisotopic (exact) mass is 751 g/mol. The number of nitrogens with two attached hydrogens (primary N) is 1. The van der Waals surface area contributed by atoms with E-state index in [-0.39, 0.29) is 0 Å². The van der Waals surface area contributed by atoms with E-state index in [0.717, 1.165) is 38.1 Å². The van der Waals surface area contributed by atoms with Crippen molar-refractivity contribution in [3.63, 3.8) is 0 Å². The number of aliphatic carboxylic acids is 2. The predicted octanol–water partition coefficient (Wildman–Crippen LogP) is 14.3. The zero-order valence-electron chi connectivity index (χ0n) is 35.5. The lowest BCUT2D eigenvalue weighted by atomic mass is 9.89. The summed E-state index contributed by atoms with van der Waals surface area (Å²) in [4.78, 5) is 21.3. The molecule has 6 nitrogen and oxygen atoms in total. The number of hydrogen-bond acceptors (Lipinski definition) is 4.